The molecule has 2 amide bonds. The summed E-state index contributed by atoms with van der Waals surface area (Å²) < 4.78 is 5.42. The van der Waals surface area contributed by atoms with Crippen LogP contribution in [0.1, 0.15) is 12.5 Å². The van der Waals surface area contributed by atoms with Gasteiger partial charge in [-0.3, -0.25) is 14.4 Å². The van der Waals surface area contributed by atoms with Gasteiger partial charge in [0.25, 0.3) is 0 Å². The molecule has 2 N–H and O–H groups in total. The fourth-order valence-corrected chi connectivity index (χ4v) is 1.99. The number of hydrogen-bond donors (Lipinski definition) is 2. The molecular weight excluding hydrogens is 272 g/mol. The Labute approximate surface area is 122 Å². The third-order valence-electron chi connectivity index (χ3n) is 3.02. The van der Waals surface area contributed by atoms with Crippen molar-refractivity contribution in [3.63, 3.8) is 0 Å². The highest BCUT2D eigenvalue weighted by Gasteiger charge is 2.25. The van der Waals surface area contributed by atoms with Gasteiger partial charge in [0.2, 0.25) is 11.8 Å². The lowest BCUT2D eigenvalue weighted by atomic mass is 10.0. The molecule has 1 unspecified atom stereocenters. The molecule has 0 saturated carbocycles. The van der Waals surface area contributed by atoms with Crippen molar-refractivity contribution in [2.24, 2.45) is 0 Å². The molecule has 6 nitrogen and oxygen atoms in total. The van der Waals surface area contributed by atoms with E-state index in [9.17, 15) is 14.4 Å². The fraction of sp³-hybridized carbons (Fsp3) is 0.267. The van der Waals surface area contributed by atoms with Crippen LogP contribution in [0.3, 0.4) is 0 Å². The minimum Gasteiger partial charge on any atom is -0.462 e. The Bertz CT molecular complexity index is 578. The van der Waals surface area contributed by atoms with Crippen molar-refractivity contribution < 1.29 is 19.1 Å². The first-order chi connectivity index (χ1) is 10.1. The van der Waals surface area contributed by atoms with Gasteiger partial charge in [0.1, 0.15) is 23.8 Å². The van der Waals surface area contributed by atoms with Gasteiger partial charge in [-0.15, -0.1) is 0 Å². The third-order valence-corrected chi connectivity index (χ3v) is 3.02. The van der Waals surface area contributed by atoms with Gasteiger partial charge in [0.15, 0.2) is 0 Å². The standard InChI is InChI=1S/C15H16N2O4/c1-10(6-7-18)21-12-4-2-11(3-5-12)8-13-15(20)16-9-14(19)17-13/h2-7,13H,8-9H2,1H3,(H,16,20)(H,17,19). The Morgan fingerprint density at radius 2 is 2.05 bits per heavy atom. The molecule has 6 heteroatoms. The molecule has 110 valence electrons. The van der Waals surface area contributed by atoms with Crippen molar-refractivity contribution in [2.75, 3.05) is 6.54 Å². The van der Waals surface area contributed by atoms with Gasteiger partial charge < -0.3 is 15.4 Å². The van der Waals surface area contributed by atoms with Gasteiger partial charge in [0, 0.05) is 12.5 Å². The molecule has 1 aromatic rings. The van der Waals surface area contributed by atoms with E-state index in [-0.39, 0.29) is 18.4 Å². The molecule has 21 heavy (non-hydrogen) atoms. The Balaban J connectivity index is 1.99. The first-order valence-electron chi connectivity index (χ1n) is 6.54. The zero-order valence-electron chi connectivity index (χ0n) is 11.6. The first-order valence-corrected chi connectivity index (χ1v) is 6.54. The maximum Gasteiger partial charge on any atom is 0.243 e. The highest BCUT2D eigenvalue weighted by atomic mass is 16.5. The number of aldehydes is 1. The van der Waals surface area contributed by atoms with Crippen LogP contribution < -0.4 is 15.4 Å². The van der Waals surface area contributed by atoms with Crippen LogP contribution in [0.25, 0.3) is 0 Å². The molecule has 0 spiro atoms. The van der Waals surface area contributed by atoms with Crippen molar-refractivity contribution in [1.29, 1.82) is 0 Å². The lowest BCUT2D eigenvalue weighted by Gasteiger charge is -2.23. The van der Waals surface area contributed by atoms with Crippen LogP contribution in [-0.2, 0) is 20.8 Å². The van der Waals surface area contributed by atoms with Crippen molar-refractivity contribution in [3.05, 3.63) is 41.7 Å². The van der Waals surface area contributed by atoms with E-state index in [4.69, 9.17) is 4.74 Å². The van der Waals surface area contributed by atoms with Gasteiger partial charge >= 0.3 is 0 Å². The molecule has 0 bridgehead atoms. The van der Waals surface area contributed by atoms with Crippen LogP contribution >= 0.6 is 0 Å². The van der Waals surface area contributed by atoms with E-state index in [1.807, 2.05) is 12.1 Å². The van der Waals surface area contributed by atoms with E-state index in [0.717, 1.165) is 5.56 Å². The predicted octanol–water partition coefficient (Wildman–Crippen LogP) is 0.325. The summed E-state index contributed by atoms with van der Waals surface area (Å²) in [5.74, 6) is 0.733. The zero-order chi connectivity index (χ0) is 15.2. The molecule has 1 aliphatic rings. The molecule has 1 heterocycles. The number of piperazine rings is 1. The van der Waals surface area contributed by atoms with Crippen LogP contribution in [0.2, 0.25) is 0 Å². The first kappa shape index (κ1) is 14.8. The summed E-state index contributed by atoms with van der Waals surface area (Å²) in [7, 11) is 0. The van der Waals surface area contributed by atoms with Crippen LogP contribution in [0.4, 0.5) is 0 Å². The number of ether oxygens (including phenoxy) is 1. The zero-order valence-corrected chi connectivity index (χ0v) is 11.6. The highest BCUT2D eigenvalue weighted by molar-refractivity contribution is 5.94. The number of carbonyl (C=O) groups excluding carboxylic acids is 3. The molecule has 2 rings (SSSR count). The normalized spacial score (nSPS) is 18.7. The number of hydrogen-bond acceptors (Lipinski definition) is 4. The fourth-order valence-electron chi connectivity index (χ4n) is 1.99. The SMILES string of the molecule is CC(=CC=O)Oc1ccc(CC2NC(=O)CNC2=O)cc1. The van der Waals surface area contributed by atoms with E-state index in [1.165, 1.54) is 6.08 Å². The van der Waals surface area contributed by atoms with E-state index >= 15 is 0 Å². The largest absolute Gasteiger partial charge is 0.462 e. The van der Waals surface area contributed by atoms with Crippen molar-refractivity contribution in [3.8, 4) is 5.75 Å². The monoisotopic (exact) mass is 288 g/mol. The molecule has 1 aromatic carbocycles. The molecule has 1 saturated heterocycles. The Morgan fingerprint density at radius 1 is 1.33 bits per heavy atom. The summed E-state index contributed by atoms with van der Waals surface area (Å²) in [6.45, 7) is 1.72. The van der Waals surface area contributed by atoms with Crippen LogP contribution in [0, 0.1) is 0 Å². The second kappa shape index (κ2) is 6.69. The van der Waals surface area contributed by atoms with Crippen molar-refractivity contribution in [1.82, 2.24) is 10.6 Å². The molecule has 1 atom stereocenters. The summed E-state index contributed by atoms with van der Waals surface area (Å²) in [6, 6.07) is 6.59. The quantitative estimate of drug-likeness (QED) is 0.464. The minimum atomic E-state index is -0.547. The van der Waals surface area contributed by atoms with Crippen molar-refractivity contribution >= 4 is 18.1 Å². The summed E-state index contributed by atoms with van der Waals surface area (Å²) >= 11 is 0. The van der Waals surface area contributed by atoms with E-state index in [0.29, 0.717) is 24.2 Å². The highest BCUT2D eigenvalue weighted by Crippen LogP contribution is 2.16. The van der Waals surface area contributed by atoms with Gasteiger partial charge in [-0.2, -0.15) is 0 Å². The second-order valence-corrected chi connectivity index (χ2v) is 4.70. The van der Waals surface area contributed by atoms with Crippen molar-refractivity contribution in [2.45, 2.75) is 19.4 Å². The Hall–Kier alpha value is -2.63. The lowest BCUT2D eigenvalue weighted by molar-refractivity contribution is -0.133. The number of amides is 2. The van der Waals surface area contributed by atoms with Gasteiger partial charge in [-0.1, -0.05) is 12.1 Å². The van der Waals surface area contributed by atoms with E-state index < -0.39 is 6.04 Å². The van der Waals surface area contributed by atoms with Gasteiger partial charge in [0.05, 0.1) is 6.54 Å². The maximum absolute atomic E-state index is 11.6. The molecule has 1 aliphatic heterocycles. The molecule has 0 aromatic heterocycles. The Kier molecular flexibility index (Phi) is 4.71. The number of nitrogens with one attached hydrogen (secondary N) is 2. The molecule has 1 fully saturated rings. The Morgan fingerprint density at radius 3 is 2.71 bits per heavy atom. The minimum absolute atomic E-state index is 0.0322. The predicted molar refractivity (Wildman–Crippen MR) is 75.5 cm³/mol. The maximum atomic E-state index is 11.6. The van der Waals surface area contributed by atoms with Gasteiger partial charge in [-0.05, 0) is 24.6 Å². The smallest absolute Gasteiger partial charge is 0.243 e. The summed E-state index contributed by atoms with van der Waals surface area (Å²) in [5, 5.41) is 5.19. The number of carbonyl (C=O) groups is 3. The van der Waals surface area contributed by atoms with E-state index in [2.05, 4.69) is 10.6 Å². The van der Waals surface area contributed by atoms with Gasteiger partial charge in [-0.25, -0.2) is 0 Å². The van der Waals surface area contributed by atoms with Crippen LogP contribution in [-0.4, -0.2) is 30.7 Å². The summed E-state index contributed by atoms with van der Waals surface area (Å²) in [4.78, 5) is 33.2. The third kappa shape index (κ3) is 4.17. The molecule has 0 aliphatic carbocycles. The number of benzene rings is 1. The topological polar surface area (TPSA) is 84.5 Å². The molecule has 0 radical (unpaired) electrons. The number of allylic oxidation sites excluding steroid dienone is 2. The van der Waals surface area contributed by atoms with Crippen LogP contribution in [0.5, 0.6) is 5.75 Å². The van der Waals surface area contributed by atoms with E-state index in [1.54, 1.807) is 19.1 Å². The number of rotatable bonds is 5. The average molecular weight is 288 g/mol. The second-order valence-electron chi connectivity index (χ2n) is 4.70. The van der Waals surface area contributed by atoms with Crippen LogP contribution in [0.15, 0.2) is 36.1 Å². The summed E-state index contributed by atoms with van der Waals surface area (Å²) in [5.41, 5.74) is 0.904. The lowest BCUT2D eigenvalue weighted by Crippen LogP contribution is -2.56. The summed E-state index contributed by atoms with van der Waals surface area (Å²) in [6.07, 6.45) is 2.41. The molecular formula is C15H16N2O4. The average Bonchev–Trinajstić information content (AvgIpc) is 2.45.